The Morgan fingerprint density at radius 2 is 1.95 bits per heavy atom. The van der Waals surface area contributed by atoms with E-state index in [1.165, 1.54) is 57.9 Å². The zero-order valence-electron chi connectivity index (χ0n) is 13.8. The minimum atomic E-state index is 0.250. The van der Waals surface area contributed by atoms with Crippen LogP contribution in [0.3, 0.4) is 0 Å². The van der Waals surface area contributed by atoms with Crippen molar-refractivity contribution < 1.29 is 0 Å². The smallest absolute Gasteiger partial charge is 0.0334 e. The molecular formula is C17H36N2. The molecule has 0 amide bonds. The fourth-order valence-corrected chi connectivity index (χ4v) is 3.83. The number of nitrogens with two attached hydrogens (primary N) is 1. The molecule has 1 aliphatic heterocycles. The van der Waals surface area contributed by atoms with Gasteiger partial charge in [-0.2, -0.15) is 0 Å². The van der Waals surface area contributed by atoms with Gasteiger partial charge in [-0.1, -0.05) is 47.0 Å². The van der Waals surface area contributed by atoms with Gasteiger partial charge in [-0.3, -0.25) is 4.90 Å². The second-order valence-electron chi connectivity index (χ2n) is 6.60. The Bertz CT molecular complexity index is 235. The van der Waals surface area contributed by atoms with Gasteiger partial charge in [0.2, 0.25) is 0 Å². The van der Waals surface area contributed by atoms with Crippen molar-refractivity contribution in [1.29, 1.82) is 0 Å². The van der Waals surface area contributed by atoms with Crippen molar-refractivity contribution in [2.45, 2.75) is 90.6 Å². The van der Waals surface area contributed by atoms with Crippen molar-refractivity contribution in [2.24, 2.45) is 11.7 Å². The van der Waals surface area contributed by atoms with Crippen molar-refractivity contribution in [3.63, 3.8) is 0 Å². The molecule has 2 N–H and O–H groups in total. The van der Waals surface area contributed by atoms with Crippen LogP contribution in [0.15, 0.2) is 0 Å². The summed E-state index contributed by atoms with van der Waals surface area (Å²) in [5.41, 5.74) is 6.53. The molecule has 0 bridgehead atoms. The lowest BCUT2D eigenvalue weighted by molar-refractivity contribution is 0.0259. The van der Waals surface area contributed by atoms with Crippen LogP contribution in [-0.4, -0.2) is 29.6 Å². The average Bonchev–Trinajstić information content (AvgIpc) is 2.70. The molecule has 0 radical (unpaired) electrons. The van der Waals surface area contributed by atoms with Crippen LogP contribution in [0.4, 0.5) is 0 Å². The van der Waals surface area contributed by atoms with E-state index in [-0.39, 0.29) is 5.54 Å². The fraction of sp³-hybridized carbons (Fsp3) is 1.00. The average molecular weight is 268 g/mol. The topological polar surface area (TPSA) is 29.3 Å². The summed E-state index contributed by atoms with van der Waals surface area (Å²) in [5, 5.41) is 0. The van der Waals surface area contributed by atoms with E-state index in [1.54, 1.807) is 0 Å². The molecule has 1 saturated heterocycles. The van der Waals surface area contributed by atoms with Crippen LogP contribution in [0.2, 0.25) is 0 Å². The SMILES string of the molecule is CCC(C)CC(CC)(CN)N1CCCCCC1CC. The van der Waals surface area contributed by atoms with Crippen LogP contribution in [0, 0.1) is 5.92 Å². The standard InChI is InChI=1S/C17H36N2/c1-5-15(4)13-17(7-3,14-18)19-12-10-8-9-11-16(19)6-2/h15-16H,5-14,18H2,1-4H3. The predicted octanol–water partition coefficient (Wildman–Crippen LogP) is 4.18. The molecule has 114 valence electrons. The van der Waals surface area contributed by atoms with Gasteiger partial charge in [-0.05, 0) is 44.6 Å². The number of hydrogen-bond donors (Lipinski definition) is 1. The van der Waals surface area contributed by atoms with E-state index in [0.717, 1.165) is 18.5 Å². The third-order valence-corrected chi connectivity index (χ3v) is 5.42. The first-order valence-corrected chi connectivity index (χ1v) is 8.60. The third kappa shape index (κ3) is 4.19. The first-order valence-electron chi connectivity index (χ1n) is 8.60. The molecule has 0 saturated carbocycles. The lowest BCUT2D eigenvalue weighted by Gasteiger charge is -2.48. The zero-order chi connectivity index (χ0) is 14.3. The summed E-state index contributed by atoms with van der Waals surface area (Å²) >= 11 is 0. The quantitative estimate of drug-likeness (QED) is 0.750. The minimum Gasteiger partial charge on any atom is -0.329 e. The number of nitrogens with zero attached hydrogens (tertiary/aromatic N) is 1. The van der Waals surface area contributed by atoms with Crippen LogP contribution in [-0.2, 0) is 0 Å². The Morgan fingerprint density at radius 1 is 1.21 bits per heavy atom. The highest BCUT2D eigenvalue weighted by Crippen LogP contribution is 2.34. The van der Waals surface area contributed by atoms with Crippen LogP contribution in [0.1, 0.15) is 79.1 Å². The van der Waals surface area contributed by atoms with Gasteiger partial charge in [0.05, 0.1) is 0 Å². The highest BCUT2D eigenvalue weighted by Gasteiger charge is 2.38. The van der Waals surface area contributed by atoms with E-state index < -0.39 is 0 Å². The van der Waals surface area contributed by atoms with Crippen LogP contribution in [0.25, 0.3) is 0 Å². The molecule has 1 fully saturated rings. The summed E-state index contributed by atoms with van der Waals surface area (Å²) in [4.78, 5) is 2.81. The van der Waals surface area contributed by atoms with Crippen molar-refractivity contribution in [1.82, 2.24) is 4.90 Å². The molecule has 1 aliphatic rings. The predicted molar refractivity (Wildman–Crippen MR) is 85.4 cm³/mol. The summed E-state index contributed by atoms with van der Waals surface area (Å²) in [6.45, 7) is 11.5. The highest BCUT2D eigenvalue weighted by atomic mass is 15.2. The van der Waals surface area contributed by atoms with Crippen molar-refractivity contribution in [2.75, 3.05) is 13.1 Å². The summed E-state index contributed by atoms with van der Waals surface area (Å²) in [6, 6.07) is 0.759. The molecule has 0 aromatic rings. The Morgan fingerprint density at radius 3 is 2.47 bits per heavy atom. The molecule has 1 heterocycles. The number of rotatable bonds is 7. The van der Waals surface area contributed by atoms with E-state index >= 15 is 0 Å². The van der Waals surface area contributed by atoms with Gasteiger partial charge in [0.1, 0.15) is 0 Å². The molecule has 19 heavy (non-hydrogen) atoms. The summed E-state index contributed by atoms with van der Waals surface area (Å²) in [5.74, 6) is 0.782. The molecule has 2 heteroatoms. The fourth-order valence-electron chi connectivity index (χ4n) is 3.83. The van der Waals surface area contributed by atoms with Gasteiger partial charge in [0.15, 0.2) is 0 Å². The lowest BCUT2D eigenvalue weighted by atomic mass is 9.81. The van der Waals surface area contributed by atoms with Gasteiger partial charge in [0.25, 0.3) is 0 Å². The maximum atomic E-state index is 6.28. The highest BCUT2D eigenvalue weighted by molar-refractivity contribution is 4.95. The molecule has 3 unspecified atom stereocenters. The molecule has 0 spiro atoms. The molecular weight excluding hydrogens is 232 g/mol. The third-order valence-electron chi connectivity index (χ3n) is 5.42. The maximum Gasteiger partial charge on any atom is 0.0334 e. The van der Waals surface area contributed by atoms with Crippen LogP contribution >= 0.6 is 0 Å². The zero-order valence-corrected chi connectivity index (χ0v) is 13.8. The first kappa shape index (κ1) is 17.0. The molecule has 0 aliphatic carbocycles. The van der Waals surface area contributed by atoms with Crippen LogP contribution in [0.5, 0.6) is 0 Å². The molecule has 0 aromatic carbocycles. The Balaban J connectivity index is 2.92. The number of hydrogen-bond acceptors (Lipinski definition) is 2. The van der Waals surface area contributed by atoms with Crippen molar-refractivity contribution >= 4 is 0 Å². The van der Waals surface area contributed by atoms with Gasteiger partial charge in [-0.15, -0.1) is 0 Å². The first-order chi connectivity index (χ1) is 9.13. The number of likely N-dealkylation sites (tertiary alicyclic amines) is 1. The monoisotopic (exact) mass is 268 g/mol. The summed E-state index contributed by atoms with van der Waals surface area (Å²) in [7, 11) is 0. The van der Waals surface area contributed by atoms with E-state index in [1.807, 2.05) is 0 Å². The second-order valence-corrected chi connectivity index (χ2v) is 6.60. The molecule has 1 rings (SSSR count). The van der Waals surface area contributed by atoms with Gasteiger partial charge in [0, 0.05) is 18.1 Å². The molecule has 3 atom stereocenters. The van der Waals surface area contributed by atoms with Crippen molar-refractivity contribution in [3.8, 4) is 0 Å². The summed E-state index contributed by atoms with van der Waals surface area (Å²) < 4.78 is 0. The summed E-state index contributed by atoms with van der Waals surface area (Å²) in [6.07, 6.45) is 10.6. The Labute approximate surface area is 121 Å². The van der Waals surface area contributed by atoms with E-state index in [0.29, 0.717) is 0 Å². The lowest BCUT2D eigenvalue weighted by Crippen LogP contribution is -2.58. The second kappa shape index (κ2) is 8.26. The minimum absolute atomic E-state index is 0.250. The Kier molecular flexibility index (Phi) is 7.38. The van der Waals surface area contributed by atoms with Gasteiger partial charge in [-0.25, -0.2) is 0 Å². The van der Waals surface area contributed by atoms with Gasteiger partial charge < -0.3 is 5.73 Å². The Hall–Kier alpha value is -0.0800. The van der Waals surface area contributed by atoms with Crippen molar-refractivity contribution in [3.05, 3.63) is 0 Å². The van der Waals surface area contributed by atoms with E-state index in [9.17, 15) is 0 Å². The van der Waals surface area contributed by atoms with Gasteiger partial charge >= 0.3 is 0 Å². The largest absolute Gasteiger partial charge is 0.329 e. The van der Waals surface area contributed by atoms with Crippen LogP contribution < -0.4 is 5.73 Å². The maximum absolute atomic E-state index is 6.28. The molecule has 0 aromatic heterocycles. The van der Waals surface area contributed by atoms with E-state index in [2.05, 4.69) is 32.6 Å². The van der Waals surface area contributed by atoms with E-state index in [4.69, 9.17) is 5.73 Å². The molecule has 2 nitrogen and oxygen atoms in total. The normalized spacial score (nSPS) is 26.7.